The highest BCUT2D eigenvalue weighted by molar-refractivity contribution is 7.99. The molecule has 0 heterocycles. The molecular formula is C12H23NO5S2. The third kappa shape index (κ3) is 4.09. The number of thioether (sulfide) groups is 1. The van der Waals surface area contributed by atoms with Crippen LogP contribution >= 0.6 is 11.8 Å². The second kappa shape index (κ2) is 7.63. The van der Waals surface area contributed by atoms with Crippen LogP contribution in [0.5, 0.6) is 0 Å². The number of carbonyl (C=O) groups is 1. The molecule has 1 saturated carbocycles. The summed E-state index contributed by atoms with van der Waals surface area (Å²) in [6.07, 6.45) is 3.52. The van der Waals surface area contributed by atoms with E-state index in [-0.39, 0.29) is 17.9 Å². The average Bonchev–Trinajstić information content (AvgIpc) is 2.88. The van der Waals surface area contributed by atoms with Crippen LogP contribution in [0.2, 0.25) is 0 Å². The third-order valence-corrected chi connectivity index (χ3v) is 6.97. The maximum Gasteiger partial charge on any atom is 0.310 e. The Labute approximate surface area is 124 Å². The summed E-state index contributed by atoms with van der Waals surface area (Å²) in [4.78, 5) is 11.6. The van der Waals surface area contributed by atoms with Crippen LogP contribution in [0, 0.1) is 5.92 Å². The quantitative estimate of drug-likeness (QED) is 0.657. The van der Waals surface area contributed by atoms with Gasteiger partial charge < -0.3 is 9.84 Å². The lowest BCUT2D eigenvalue weighted by molar-refractivity contribution is -0.145. The molecule has 4 unspecified atom stereocenters. The molecule has 6 nitrogen and oxygen atoms in total. The smallest absolute Gasteiger partial charge is 0.310 e. The van der Waals surface area contributed by atoms with E-state index in [9.17, 15) is 18.3 Å². The predicted octanol–water partition coefficient (Wildman–Crippen LogP) is 0.360. The maximum absolute atomic E-state index is 12.4. The Hall–Kier alpha value is -0.310. The average molecular weight is 325 g/mol. The summed E-state index contributed by atoms with van der Waals surface area (Å²) in [5.41, 5.74) is 0. The fourth-order valence-corrected chi connectivity index (χ4v) is 5.30. The number of aliphatic hydroxyl groups excluding tert-OH is 1. The van der Waals surface area contributed by atoms with Crippen molar-refractivity contribution in [1.82, 2.24) is 4.72 Å². The predicted molar refractivity (Wildman–Crippen MR) is 79.1 cm³/mol. The molecule has 1 fully saturated rings. The van der Waals surface area contributed by atoms with Gasteiger partial charge in [-0.15, -0.1) is 0 Å². The van der Waals surface area contributed by atoms with Crippen LogP contribution in [0.4, 0.5) is 0 Å². The molecule has 0 spiro atoms. The molecule has 0 radical (unpaired) electrons. The van der Waals surface area contributed by atoms with Gasteiger partial charge in [0.05, 0.1) is 24.9 Å². The van der Waals surface area contributed by atoms with E-state index < -0.39 is 27.2 Å². The summed E-state index contributed by atoms with van der Waals surface area (Å²) in [5, 5.41) is 8.26. The van der Waals surface area contributed by atoms with Crippen molar-refractivity contribution in [3.05, 3.63) is 0 Å². The monoisotopic (exact) mass is 325 g/mol. The zero-order valence-electron chi connectivity index (χ0n) is 12.0. The van der Waals surface area contributed by atoms with Crippen LogP contribution in [0.15, 0.2) is 0 Å². The Morgan fingerprint density at radius 2 is 2.15 bits per heavy atom. The number of hydrogen-bond acceptors (Lipinski definition) is 6. The molecule has 118 valence electrons. The van der Waals surface area contributed by atoms with Gasteiger partial charge in [0, 0.05) is 11.3 Å². The van der Waals surface area contributed by atoms with E-state index in [0.717, 1.165) is 0 Å². The van der Waals surface area contributed by atoms with Gasteiger partial charge in [0.15, 0.2) is 0 Å². The number of methoxy groups -OCH3 is 1. The molecule has 0 saturated heterocycles. The molecule has 0 aromatic heterocycles. The van der Waals surface area contributed by atoms with Crippen LogP contribution in [-0.2, 0) is 19.6 Å². The Bertz CT molecular complexity index is 422. The van der Waals surface area contributed by atoms with Gasteiger partial charge in [-0.3, -0.25) is 4.79 Å². The van der Waals surface area contributed by atoms with E-state index in [1.165, 1.54) is 18.9 Å². The van der Waals surface area contributed by atoms with Crippen molar-refractivity contribution >= 4 is 27.8 Å². The summed E-state index contributed by atoms with van der Waals surface area (Å²) in [7, 11) is -2.33. The summed E-state index contributed by atoms with van der Waals surface area (Å²) in [6.45, 7) is 1.62. The third-order valence-electron chi connectivity index (χ3n) is 3.75. The fraction of sp³-hybridized carbons (Fsp3) is 0.917. The first-order valence-corrected chi connectivity index (χ1v) is 9.43. The van der Waals surface area contributed by atoms with Crippen molar-refractivity contribution in [3.63, 3.8) is 0 Å². The molecule has 0 aliphatic heterocycles. The molecule has 0 bridgehead atoms. The van der Waals surface area contributed by atoms with E-state index in [1.54, 1.807) is 6.92 Å². The first-order chi connectivity index (χ1) is 9.37. The van der Waals surface area contributed by atoms with Gasteiger partial charge in [0.1, 0.15) is 0 Å². The van der Waals surface area contributed by atoms with E-state index in [1.807, 2.05) is 6.26 Å². The van der Waals surface area contributed by atoms with Gasteiger partial charge in [0.2, 0.25) is 10.0 Å². The van der Waals surface area contributed by atoms with E-state index in [2.05, 4.69) is 9.46 Å². The zero-order valence-corrected chi connectivity index (χ0v) is 13.7. The minimum Gasteiger partial charge on any atom is -0.469 e. The van der Waals surface area contributed by atoms with Crippen LogP contribution in [0.3, 0.4) is 0 Å². The van der Waals surface area contributed by atoms with E-state index in [4.69, 9.17) is 0 Å². The van der Waals surface area contributed by atoms with Gasteiger partial charge in [-0.25, -0.2) is 13.1 Å². The molecule has 0 aromatic carbocycles. The molecular weight excluding hydrogens is 302 g/mol. The molecule has 1 rings (SSSR count). The van der Waals surface area contributed by atoms with Gasteiger partial charge >= 0.3 is 5.97 Å². The number of hydrogen-bond donors (Lipinski definition) is 2. The van der Waals surface area contributed by atoms with Crippen molar-refractivity contribution in [3.8, 4) is 0 Å². The molecule has 0 aromatic rings. The first kappa shape index (κ1) is 17.7. The lowest BCUT2D eigenvalue weighted by Gasteiger charge is -2.25. The Kier molecular flexibility index (Phi) is 6.77. The van der Waals surface area contributed by atoms with Gasteiger partial charge in [-0.2, -0.15) is 11.8 Å². The van der Waals surface area contributed by atoms with Gasteiger partial charge in [0.25, 0.3) is 0 Å². The SMILES string of the molecule is COC(=O)C1CCCC1S(=O)(=O)NC(C)C(CO)SC. The summed E-state index contributed by atoms with van der Waals surface area (Å²) in [5.74, 6) is -1.05. The molecule has 4 atom stereocenters. The van der Waals surface area contributed by atoms with E-state index in [0.29, 0.717) is 19.3 Å². The van der Waals surface area contributed by atoms with Gasteiger partial charge in [-0.1, -0.05) is 6.42 Å². The van der Waals surface area contributed by atoms with Crippen LogP contribution < -0.4 is 4.72 Å². The molecule has 1 aliphatic rings. The summed E-state index contributed by atoms with van der Waals surface area (Å²) < 4.78 is 32.1. The number of sulfonamides is 1. The van der Waals surface area contributed by atoms with Crippen molar-refractivity contribution < 1.29 is 23.1 Å². The van der Waals surface area contributed by atoms with Crippen molar-refractivity contribution in [2.75, 3.05) is 20.0 Å². The molecule has 8 heteroatoms. The Balaban J connectivity index is 2.80. The van der Waals surface area contributed by atoms with Crippen LogP contribution in [-0.4, -0.2) is 56.0 Å². The molecule has 0 amide bonds. The number of nitrogens with one attached hydrogen (secondary N) is 1. The number of rotatable bonds is 7. The lowest BCUT2D eigenvalue weighted by Crippen LogP contribution is -2.47. The molecule has 20 heavy (non-hydrogen) atoms. The minimum absolute atomic E-state index is 0.101. The topological polar surface area (TPSA) is 92.7 Å². The van der Waals surface area contributed by atoms with Crippen LogP contribution in [0.25, 0.3) is 0 Å². The maximum atomic E-state index is 12.4. The fourth-order valence-electron chi connectivity index (χ4n) is 2.58. The van der Waals surface area contributed by atoms with Crippen molar-refractivity contribution in [2.24, 2.45) is 5.92 Å². The highest BCUT2D eigenvalue weighted by Crippen LogP contribution is 2.32. The molecule has 1 aliphatic carbocycles. The Morgan fingerprint density at radius 1 is 1.50 bits per heavy atom. The number of esters is 1. The lowest BCUT2D eigenvalue weighted by atomic mass is 10.1. The Morgan fingerprint density at radius 3 is 2.65 bits per heavy atom. The van der Waals surface area contributed by atoms with Crippen molar-refractivity contribution in [2.45, 2.75) is 42.7 Å². The summed E-state index contributed by atoms with van der Waals surface area (Å²) >= 11 is 1.40. The standard InChI is InChI=1S/C12H23NO5S2/c1-8(10(7-14)19-3)13-20(16,17)11-6-4-5-9(11)12(15)18-2/h8-11,13-14H,4-7H2,1-3H3. The minimum atomic E-state index is -3.60. The number of ether oxygens (including phenoxy) is 1. The highest BCUT2D eigenvalue weighted by atomic mass is 32.2. The number of aliphatic hydroxyl groups is 1. The highest BCUT2D eigenvalue weighted by Gasteiger charge is 2.42. The summed E-state index contributed by atoms with van der Waals surface area (Å²) in [6, 6.07) is -0.390. The number of carbonyl (C=O) groups excluding carboxylic acids is 1. The van der Waals surface area contributed by atoms with E-state index >= 15 is 0 Å². The van der Waals surface area contributed by atoms with Crippen LogP contribution in [0.1, 0.15) is 26.2 Å². The van der Waals surface area contributed by atoms with Gasteiger partial charge in [-0.05, 0) is 26.0 Å². The second-order valence-electron chi connectivity index (χ2n) is 5.01. The first-order valence-electron chi connectivity index (χ1n) is 6.60. The zero-order chi connectivity index (χ0) is 15.3. The second-order valence-corrected chi connectivity index (χ2v) is 8.02. The molecule has 2 N–H and O–H groups in total. The normalized spacial score (nSPS) is 26.2. The van der Waals surface area contributed by atoms with Crippen molar-refractivity contribution in [1.29, 1.82) is 0 Å². The largest absolute Gasteiger partial charge is 0.469 e.